The molecule has 1 fully saturated rings. The Morgan fingerprint density at radius 3 is 2.84 bits per heavy atom. The van der Waals surface area contributed by atoms with Crippen LogP contribution >= 0.6 is 0 Å². The largest absolute Gasteiger partial charge is 0.497 e. The molecule has 100 valence electrons. The van der Waals surface area contributed by atoms with Gasteiger partial charge in [0.05, 0.1) is 18.4 Å². The molecule has 0 bridgehead atoms. The maximum absolute atomic E-state index is 12.0. The summed E-state index contributed by atoms with van der Waals surface area (Å²) in [5, 5.41) is 3.34. The van der Waals surface area contributed by atoms with Crippen LogP contribution in [-0.4, -0.2) is 37.9 Å². The smallest absolute Gasteiger partial charge is 0.299 e. The second kappa shape index (κ2) is 4.66. The van der Waals surface area contributed by atoms with E-state index in [9.17, 15) is 9.59 Å². The van der Waals surface area contributed by atoms with Crippen LogP contribution in [0.1, 0.15) is 23.2 Å². The number of nitrogens with one attached hydrogen (secondary N) is 1. The molecule has 19 heavy (non-hydrogen) atoms. The van der Waals surface area contributed by atoms with Gasteiger partial charge in [-0.15, -0.1) is 0 Å². The molecule has 1 aromatic carbocycles. The van der Waals surface area contributed by atoms with Crippen molar-refractivity contribution in [3.63, 3.8) is 0 Å². The van der Waals surface area contributed by atoms with E-state index in [0.29, 0.717) is 36.1 Å². The Kier molecular flexibility index (Phi) is 2.98. The van der Waals surface area contributed by atoms with E-state index in [2.05, 4.69) is 5.32 Å². The molecule has 1 saturated carbocycles. The third-order valence-corrected chi connectivity index (χ3v) is 3.53. The number of Topliss-reactive ketones (excluding diaryl/α,β-unsaturated/α-hetero) is 1. The Bertz CT molecular complexity index is 537. The minimum atomic E-state index is -0.444. The zero-order valence-electron chi connectivity index (χ0n) is 10.8. The van der Waals surface area contributed by atoms with E-state index in [-0.39, 0.29) is 0 Å². The molecule has 0 unspecified atom stereocenters. The highest BCUT2D eigenvalue weighted by molar-refractivity contribution is 6.52. The van der Waals surface area contributed by atoms with Gasteiger partial charge in [0.1, 0.15) is 5.75 Å². The molecule has 1 heterocycles. The molecule has 1 amide bonds. The highest BCUT2D eigenvalue weighted by Crippen LogP contribution is 2.32. The van der Waals surface area contributed by atoms with Crippen LogP contribution in [0.25, 0.3) is 0 Å². The van der Waals surface area contributed by atoms with Gasteiger partial charge in [0.2, 0.25) is 0 Å². The maximum atomic E-state index is 12.0. The first-order valence-corrected chi connectivity index (χ1v) is 6.48. The molecular weight excluding hydrogens is 244 g/mol. The van der Waals surface area contributed by atoms with Crippen molar-refractivity contribution in [3.8, 4) is 5.75 Å². The van der Waals surface area contributed by atoms with Crippen LogP contribution in [0.15, 0.2) is 18.2 Å². The first-order valence-electron chi connectivity index (χ1n) is 6.48. The van der Waals surface area contributed by atoms with E-state index in [0.717, 1.165) is 0 Å². The molecule has 2 aliphatic rings. The summed E-state index contributed by atoms with van der Waals surface area (Å²) in [6, 6.07) is 5.70. The highest BCUT2D eigenvalue weighted by atomic mass is 16.5. The number of anilines is 1. The lowest BCUT2D eigenvalue weighted by molar-refractivity contribution is -0.114. The van der Waals surface area contributed by atoms with Gasteiger partial charge in [0, 0.05) is 25.2 Å². The first kappa shape index (κ1) is 12.2. The number of ketones is 1. The van der Waals surface area contributed by atoms with Crippen molar-refractivity contribution in [2.24, 2.45) is 0 Å². The summed E-state index contributed by atoms with van der Waals surface area (Å²) in [5.74, 6) is -0.216. The van der Waals surface area contributed by atoms with Crippen molar-refractivity contribution in [1.82, 2.24) is 5.32 Å². The third-order valence-electron chi connectivity index (χ3n) is 3.53. The Morgan fingerprint density at radius 2 is 2.16 bits per heavy atom. The van der Waals surface area contributed by atoms with Crippen LogP contribution in [0.3, 0.4) is 0 Å². The number of hydrogen-bond acceptors (Lipinski definition) is 4. The van der Waals surface area contributed by atoms with Gasteiger partial charge < -0.3 is 15.0 Å². The SMILES string of the molecule is COc1ccc2c(c1)N(CCNC1CC1)C(=O)C2=O. The van der Waals surface area contributed by atoms with Crippen LogP contribution in [0.4, 0.5) is 5.69 Å². The molecule has 1 aromatic rings. The summed E-state index contributed by atoms with van der Waals surface area (Å²) in [6.45, 7) is 1.22. The van der Waals surface area contributed by atoms with E-state index in [4.69, 9.17) is 4.74 Å². The maximum Gasteiger partial charge on any atom is 0.299 e. The Morgan fingerprint density at radius 1 is 1.37 bits per heavy atom. The summed E-state index contributed by atoms with van der Waals surface area (Å²) in [5.41, 5.74) is 1.13. The molecule has 5 heteroatoms. The van der Waals surface area contributed by atoms with Crippen molar-refractivity contribution in [2.75, 3.05) is 25.1 Å². The zero-order chi connectivity index (χ0) is 13.4. The van der Waals surface area contributed by atoms with Crippen molar-refractivity contribution in [1.29, 1.82) is 0 Å². The van der Waals surface area contributed by atoms with Gasteiger partial charge in [-0.3, -0.25) is 9.59 Å². The fourth-order valence-corrected chi connectivity index (χ4v) is 2.29. The number of hydrogen-bond donors (Lipinski definition) is 1. The second-order valence-corrected chi connectivity index (χ2v) is 4.90. The quantitative estimate of drug-likeness (QED) is 0.802. The van der Waals surface area contributed by atoms with Crippen LogP contribution in [0.5, 0.6) is 5.75 Å². The Labute approximate surface area is 111 Å². The lowest BCUT2D eigenvalue weighted by Crippen LogP contribution is -2.36. The molecule has 1 aliphatic heterocycles. The number of carbonyl (C=O) groups is 2. The number of fused-ring (bicyclic) bond motifs is 1. The molecule has 3 rings (SSSR count). The van der Waals surface area contributed by atoms with E-state index in [1.54, 1.807) is 25.3 Å². The number of nitrogens with zero attached hydrogens (tertiary/aromatic N) is 1. The van der Waals surface area contributed by atoms with Crippen molar-refractivity contribution >= 4 is 17.4 Å². The fourth-order valence-electron chi connectivity index (χ4n) is 2.29. The third kappa shape index (κ3) is 2.21. The summed E-state index contributed by atoms with van der Waals surface area (Å²) in [6.07, 6.45) is 2.41. The fraction of sp³-hybridized carbons (Fsp3) is 0.429. The van der Waals surface area contributed by atoms with Gasteiger partial charge >= 0.3 is 0 Å². The predicted molar refractivity (Wildman–Crippen MR) is 70.7 cm³/mol. The van der Waals surface area contributed by atoms with E-state index < -0.39 is 11.7 Å². The molecule has 0 atom stereocenters. The lowest BCUT2D eigenvalue weighted by Gasteiger charge is -2.17. The van der Waals surface area contributed by atoms with Crippen LogP contribution < -0.4 is 15.0 Å². The second-order valence-electron chi connectivity index (χ2n) is 4.90. The molecule has 0 spiro atoms. The zero-order valence-corrected chi connectivity index (χ0v) is 10.8. The summed E-state index contributed by atoms with van der Waals surface area (Å²) < 4.78 is 5.15. The first-order chi connectivity index (χ1) is 9.20. The Hall–Kier alpha value is -1.88. The van der Waals surface area contributed by atoms with E-state index in [1.165, 1.54) is 17.7 Å². The van der Waals surface area contributed by atoms with Gasteiger partial charge in [-0.05, 0) is 25.0 Å². The van der Waals surface area contributed by atoms with Crippen LogP contribution in [0, 0.1) is 0 Å². The van der Waals surface area contributed by atoms with Crippen molar-refractivity contribution < 1.29 is 14.3 Å². The highest BCUT2D eigenvalue weighted by Gasteiger charge is 2.35. The number of benzene rings is 1. The van der Waals surface area contributed by atoms with E-state index in [1.807, 2.05) is 0 Å². The van der Waals surface area contributed by atoms with Crippen LogP contribution in [0.2, 0.25) is 0 Å². The van der Waals surface area contributed by atoms with Gasteiger partial charge in [-0.25, -0.2) is 0 Å². The number of rotatable bonds is 5. The van der Waals surface area contributed by atoms with Gasteiger partial charge in [-0.2, -0.15) is 0 Å². The number of ether oxygens (including phenoxy) is 1. The van der Waals surface area contributed by atoms with E-state index >= 15 is 0 Å². The van der Waals surface area contributed by atoms with Gasteiger partial charge in [0.25, 0.3) is 11.7 Å². The normalized spacial score (nSPS) is 17.8. The Balaban J connectivity index is 1.79. The number of carbonyl (C=O) groups excluding carboxylic acids is 2. The molecule has 0 radical (unpaired) electrons. The molecule has 1 N–H and O–H groups in total. The molecule has 0 saturated heterocycles. The molecule has 1 aliphatic carbocycles. The minimum Gasteiger partial charge on any atom is -0.497 e. The predicted octanol–water partition coefficient (Wildman–Crippen LogP) is 0.976. The number of amides is 1. The van der Waals surface area contributed by atoms with Gasteiger partial charge in [0.15, 0.2) is 0 Å². The number of methoxy groups -OCH3 is 1. The average molecular weight is 260 g/mol. The summed E-state index contributed by atoms with van der Waals surface area (Å²) in [4.78, 5) is 25.4. The monoisotopic (exact) mass is 260 g/mol. The molecule has 5 nitrogen and oxygen atoms in total. The standard InChI is InChI=1S/C14H16N2O3/c1-19-10-4-5-11-12(8-10)16(14(18)13(11)17)7-6-15-9-2-3-9/h4-5,8-9,15H,2-3,6-7H2,1H3. The molecular formula is C14H16N2O3. The summed E-state index contributed by atoms with van der Waals surface area (Å²) in [7, 11) is 1.57. The van der Waals surface area contributed by atoms with Gasteiger partial charge in [-0.1, -0.05) is 0 Å². The minimum absolute atomic E-state index is 0.427. The topological polar surface area (TPSA) is 58.6 Å². The lowest BCUT2D eigenvalue weighted by atomic mass is 10.1. The van der Waals surface area contributed by atoms with Crippen LogP contribution in [-0.2, 0) is 4.79 Å². The molecule has 0 aromatic heterocycles. The van der Waals surface area contributed by atoms with Crippen molar-refractivity contribution in [2.45, 2.75) is 18.9 Å². The average Bonchev–Trinajstić information content (AvgIpc) is 3.22. The van der Waals surface area contributed by atoms with Crippen molar-refractivity contribution in [3.05, 3.63) is 23.8 Å². The summed E-state index contributed by atoms with van der Waals surface area (Å²) >= 11 is 0.